The lowest BCUT2D eigenvalue weighted by Crippen LogP contribution is -2.40. The molecule has 0 aliphatic carbocycles. The van der Waals surface area contributed by atoms with Crippen LogP contribution in [0.3, 0.4) is 0 Å². The second-order valence-electron chi connectivity index (χ2n) is 10.6. The van der Waals surface area contributed by atoms with Crippen molar-refractivity contribution in [2.45, 2.75) is 44.1 Å². The number of H-pyrrole nitrogens is 1. The number of rotatable bonds is 12. The van der Waals surface area contributed by atoms with Crippen molar-refractivity contribution in [1.82, 2.24) is 10.0 Å². The summed E-state index contributed by atoms with van der Waals surface area (Å²) in [5.41, 5.74) is 5.02. The third-order valence-electron chi connectivity index (χ3n) is 7.85. The average molecular weight is 565 g/mol. The maximum absolute atomic E-state index is 11.9. The maximum atomic E-state index is 11.9. The summed E-state index contributed by atoms with van der Waals surface area (Å²) in [7, 11) is 1.65. The average Bonchev–Trinajstić information content (AvgIpc) is 3.57. The Hall–Kier alpha value is -3.98. The smallest absolute Gasteiger partial charge is 0.120 e. The summed E-state index contributed by atoms with van der Waals surface area (Å²) in [6, 6.07) is 35.1. The van der Waals surface area contributed by atoms with Gasteiger partial charge in [0.15, 0.2) is 0 Å². The van der Waals surface area contributed by atoms with Gasteiger partial charge in [-0.2, -0.15) is 5.06 Å². The Labute approximate surface area is 246 Å². The molecule has 0 bridgehead atoms. The van der Waals surface area contributed by atoms with Gasteiger partial charge in [-0.1, -0.05) is 91.0 Å². The maximum Gasteiger partial charge on any atom is 0.120 e. The number of nitrogens with one attached hydrogen (secondary N) is 1. The highest BCUT2D eigenvalue weighted by Gasteiger charge is 2.52. The SMILES string of the molecule is COc1ccc2c([C@H]3[C@H](OCc4ccccc4)[C@@H](OCc4ccccc4)[C@H](COCc4ccccc4)N3O)c[nH]c2c1. The molecule has 1 aliphatic heterocycles. The summed E-state index contributed by atoms with van der Waals surface area (Å²) in [6.07, 6.45) is 0.992. The van der Waals surface area contributed by atoms with Crippen molar-refractivity contribution >= 4 is 10.9 Å². The van der Waals surface area contributed by atoms with Crippen LogP contribution in [-0.4, -0.2) is 47.2 Å². The standard InChI is InChI=1S/C35H36N2O5/c1-39-28-17-18-29-30(20-36-31(29)19-28)33-35(42-23-27-15-9-4-10-16-27)34(41-22-26-13-7-3-8-14-26)32(37(33)38)24-40-21-25-11-5-2-6-12-25/h2-20,32-36,38H,21-24H2,1H3/t32-,33-,34-,35-/m0/s1. The molecule has 42 heavy (non-hydrogen) atoms. The monoisotopic (exact) mass is 564 g/mol. The number of hydrogen-bond acceptors (Lipinski definition) is 6. The van der Waals surface area contributed by atoms with E-state index in [4.69, 9.17) is 18.9 Å². The number of hydrogen-bond donors (Lipinski definition) is 2. The third kappa shape index (κ3) is 6.26. The molecule has 1 aliphatic rings. The summed E-state index contributed by atoms with van der Waals surface area (Å²) in [6.45, 7) is 1.47. The molecule has 0 unspecified atom stereocenters. The molecule has 0 saturated carbocycles. The normalized spacial score (nSPS) is 20.7. The minimum atomic E-state index is -0.498. The van der Waals surface area contributed by atoms with E-state index in [9.17, 15) is 5.21 Å². The Bertz CT molecular complexity index is 1540. The number of nitrogens with zero attached hydrogens (tertiary/aromatic N) is 1. The first-order chi connectivity index (χ1) is 20.7. The number of aromatic nitrogens is 1. The lowest BCUT2D eigenvalue weighted by Gasteiger charge is -2.26. The number of fused-ring (bicyclic) bond motifs is 1. The van der Waals surface area contributed by atoms with Gasteiger partial charge in [-0.15, -0.1) is 0 Å². The molecule has 7 heteroatoms. The zero-order chi connectivity index (χ0) is 28.7. The molecule has 4 aromatic carbocycles. The lowest BCUT2D eigenvalue weighted by atomic mass is 9.99. The van der Waals surface area contributed by atoms with Gasteiger partial charge in [0.05, 0.1) is 45.6 Å². The van der Waals surface area contributed by atoms with Gasteiger partial charge >= 0.3 is 0 Å². The van der Waals surface area contributed by atoms with E-state index in [1.807, 2.05) is 115 Å². The predicted octanol–water partition coefficient (Wildman–Crippen LogP) is 6.68. The molecule has 6 rings (SSSR count). The number of benzene rings is 4. The highest BCUT2D eigenvalue weighted by Crippen LogP contribution is 2.42. The van der Waals surface area contributed by atoms with Crippen LogP contribution in [0.4, 0.5) is 0 Å². The fraction of sp³-hybridized carbons (Fsp3) is 0.257. The molecule has 0 radical (unpaired) electrons. The van der Waals surface area contributed by atoms with Crippen LogP contribution in [0, 0.1) is 0 Å². The minimum Gasteiger partial charge on any atom is -0.497 e. The quantitative estimate of drug-likeness (QED) is 0.176. The molecule has 7 nitrogen and oxygen atoms in total. The van der Waals surface area contributed by atoms with Crippen molar-refractivity contribution in [2.24, 2.45) is 0 Å². The first-order valence-corrected chi connectivity index (χ1v) is 14.3. The van der Waals surface area contributed by atoms with Crippen LogP contribution in [-0.2, 0) is 34.0 Å². The van der Waals surface area contributed by atoms with E-state index >= 15 is 0 Å². The molecule has 2 N–H and O–H groups in total. The van der Waals surface area contributed by atoms with Crippen LogP contribution in [0.25, 0.3) is 10.9 Å². The van der Waals surface area contributed by atoms with Crippen LogP contribution >= 0.6 is 0 Å². The van der Waals surface area contributed by atoms with E-state index in [-0.39, 0.29) is 6.61 Å². The molecule has 0 spiro atoms. The second-order valence-corrected chi connectivity index (χ2v) is 10.6. The molecule has 216 valence electrons. The first kappa shape index (κ1) is 28.2. The number of methoxy groups -OCH3 is 1. The molecule has 2 heterocycles. The van der Waals surface area contributed by atoms with Crippen molar-refractivity contribution in [3.05, 3.63) is 138 Å². The van der Waals surface area contributed by atoms with Gasteiger partial charge in [0, 0.05) is 23.2 Å². The molecule has 0 amide bonds. The van der Waals surface area contributed by atoms with Gasteiger partial charge in [-0.3, -0.25) is 0 Å². The third-order valence-corrected chi connectivity index (χ3v) is 7.85. The van der Waals surface area contributed by atoms with Crippen LogP contribution < -0.4 is 4.74 Å². The Morgan fingerprint density at radius 2 is 1.29 bits per heavy atom. The van der Waals surface area contributed by atoms with E-state index < -0.39 is 24.3 Å². The Kier molecular flexibility index (Phi) is 8.94. The van der Waals surface area contributed by atoms with Crippen LogP contribution in [0.2, 0.25) is 0 Å². The fourth-order valence-electron chi connectivity index (χ4n) is 5.69. The van der Waals surface area contributed by atoms with E-state index in [1.165, 1.54) is 5.06 Å². The largest absolute Gasteiger partial charge is 0.497 e. The molecule has 1 saturated heterocycles. The number of hydroxylamine groups is 2. The molecular weight excluding hydrogens is 528 g/mol. The van der Waals surface area contributed by atoms with Crippen molar-refractivity contribution in [2.75, 3.05) is 13.7 Å². The van der Waals surface area contributed by atoms with Gasteiger partial charge in [-0.05, 0) is 34.4 Å². The Morgan fingerprint density at radius 1 is 0.714 bits per heavy atom. The van der Waals surface area contributed by atoms with Crippen molar-refractivity contribution in [3.63, 3.8) is 0 Å². The summed E-state index contributed by atoms with van der Waals surface area (Å²) in [5.74, 6) is 0.760. The molecule has 1 aromatic heterocycles. The van der Waals surface area contributed by atoms with Crippen LogP contribution in [0.1, 0.15) is 28.3 Å². The molecule has 5 aromatic rings. The van der Waals surface area contributed by atoms with E-state index in [0.717, 1.165) is 38.9 Å². The summed E-state index contributed by atoms with van der Waals surface area (Å²) in [5, 5.41) is 14.2. The predicted molar refractivity (Wildman–Crippen MR) is 161 cm³/mol. The second kappa shape index (κ2) is 13.3. The molecule has 4 atom stereocenters. The van der Waals surface area contributed by atoms with Crippen LogP contribution in [0.15, 0.2) is 115 Å². The number of ether oxygens (including phenoxy) is 4. The van der Waals surface area contributed by atoms with Gasteiger partial charge in [-0.25, -0.2) is 0 Å². The highest BCUT2D eigenvalue weighted by molar-refractivity contribution is 5.85. The Morgan fingerprint density at radius 3 is 1.88 bits per heavy atom. The zero-order valence-corrected chi connectivity index (χ0v) is 23.6. The van der Waals surface area contributed by atoms with Crippen molar-refractivity contribution in [3.8, 4) is 5.75 Å². The van der Waals surface area contributed by atoms with E-state index in [0.29, 0.717) is 19.8 Å². The van der Waals surface area contributed by atoms with Gasteiger partial charge < -0.3 is 29.1 Å². The summed E-state index contributed by atoms with van der Waals surface area (Å²) < 4.78 is 24.9. The van der Waals surface area contributed by atoms with Gasteiger partial charge in [0.1, 0.15) is 18.0 Å². The lowest BCUT2D eigenvalue weighted by molar-refractivity contribution is -0.167. The van der Waals surface area contributed by atoms with Crippen molar-refractivity contribution in [1.29, 1.82) is 0 Å². The molecular formula is C35H36N2O5. The summed E-state index contributed by atoms with van der Waals surface area (Å²) >= 11 is 0. The summed E-state index contributed by atoms with van der Waals surface area (Å²) in [4.78, 5) is 3.36. The van der Waals surface area contributed by atoms with Crippen molar-refractivity contribution < 1.29 is 24.2 Å². The topological polar surface area (TPSA) is 76.2 Å². The number of aromatic amines is 1. The zero-order valence-electron chi connectivity index (χ0n) is 23.6. The van der Waals surface area contributed by atoms with Gasteiger partial charge in [0.25, 0.3) is 0 Å². The first-order valence-electron chi connectivity index (χ1n) is 14.3. The fourth-order valence-corrected chi connectivity index (χ4v) is 5.69. The van der Waals surface area contributed by atoms with E-state index in [1.54, 1.807) is 7.11 Å². The van der Waals surface area contributed by atoms with E-state index in [2.05, 4.69) is 4.98 Å². The van der Waals surface area contributed by atoms with Crippen LogP contribution in [0.5, 0.6) is 5.75 Å². The Balaban J connectivity index is 1.33. The minimum absolute atomic E-state index is 0.267. The molecule has 1 fully saturated rings. The van der Waals surface area contributed by atoms with Gasteiger partial charge in [0.2, 0.25) is 0 Å². The highest BCUT2D eigenvalue weighted by atomic mass is 16.6.